The summed E-state index contributed by atoms with van der Waals surface area (Å²) in [4.78, 5) is 18.9. The molecule has 22 heavy (non-hydrogen) atoms. The van der Waals surface area contributed by atoms with Crippen molar-refractivity contribution in [1.29, 1.82) is 0 Å². The number of thiophene rings is 1. The number of carbonyl (C=O) groups excluding carboxylic acids is 1. The number of hydrogen-bond acceptors (Lipinski definition) is 4. The third kappa shape index (κ3) is 3.36. The van der Waals surface area contributed by atoms with Crippen LogP contribution in [0.2, 0.25) is 0 Å². The molecule has 2 aliphatic heterocycles. The van der Waals surface area contributed by atoms with Crippen molar-refractivity contribution in [1.82, 2.24) is 15.1 Å². The van der Waals surface area contributed by atoms with Gasteiger partial charge in [-0.25, -0.2) is 0 Å². The van der Waals surface area contributed by atoms with E-state index in [-0.39, 0.29) is 6.04 Å². The van der Waals surface area contributed by atoms with Gasteiger partial charge in [0.1, 0.15) is 6.04 Å². The molecule has 3 heterocycles. The lowest BCUT2D eigenvalue weighted by Gasteiger charge is -2.41. The average molecular weight is 321 g/mol. The zero-order valence-corrected chi connectivity index (χ0v) is 14.4. The van der Waals surface area contributed by atoms with Gasteiger partial charge in [0.05, 0.1) is 0 Å². The van der Waals surface area contributed by atoms with E-state index >= 15 is 0 Å². The maximum absolute atomic E-state index is 13.2. The molecular formula is C17H27N3OS. The molecule has 1 aromatic heterocycles. The topological polar surface area (TPSA) is 35.6 Å². The third-order valence-corrected chi connectivity index (χ3v) is 5.95. The number of likely N-dealkylation sites (tertiary alicyclic amines) is 1. The summed E-state index contributed by atoms with van der Waals surface area (Å²) in [5.41, 5.74) is 0. The molecule has 122 valence electrons. The SMILES string of the molecule is CC1CCN(C(=O)C(c2cccs2)N2CCNCC2C)CC1. The van der Waals surface area contributed by atoms with Crippen LogP contribution in [0.1, 0.15) is 37.6 Å². The fourth-order valence-corrected chi connectivity index (χ4v) is 4.35. The van der Waals surface area contributed by atoms with Gasteiger partial charge in [0.2, 0.25) is 5.91 Å². The Morgan fingerprint density at radius 2 is 2.09 bits per heavy atom. The Bertz CT molecular complexity index is 482. The molecule has 3 rings (SSSR count). The van der Waals surface area contributed by atoms with Crippen LogP contribution < -0.4 is 5.32 Å². The van der Waals surface area contributed by atoms with Crippen LogP contribution >= 0.6 is 11.3 Å². The van der Waals surface area contributed by atoms with E-state index in [2.05, 4.69) is 46.5 Å². The Morgan fingerprint density at radius 1 is 1.32 bits per heavy atom. The summed E-state index contributed by atoms with van der Waals surface area (Å²) in [5.74, 6) is 1.06. The van der Waals surface area contributed by atoms with E-state index < -0.39 is 0 Å². The Kier molecular flexibility index (Phi) is 5.16. The summed E-state index contributed by atoms with van der Waals surface area (Å²) in [5, 5.41) is 5.51. The molecule has 2 atom stereocenters. The highest BCUT2D eigenvalue weighted by Gasteiger charge is 2.36. The minimum atomic E-state index is -0.0921. The summed E-state index contributed by atoms with van der Waals surface area (Å²) in [6.45, 7) is 9.22. The number of amides is 1. The smallest absolute Gasteiger partial charge is 0.245 e. The van der Waals surface area contributed by atoms with Crippen molar-refractivity contribution < 1.29 is 4.79 Å². The maximum Gasteiger partial charge on any atom is 0.245 e. The highest BCUT2D eigenvalue weighted by molar-refractivity contribution is 7.10. The van der Waals surface area contributed by atoms with Gasteiger partial charge < -0.3 is 10.2 Å². The number of rotatable bonds is 3. The van der Waals surface area contributed by atoms with Gasteiger partial charge in [0.25, 0.3) is 0 Å². The van der Waals surface area contributed by atoms with Crippen molar-refractivity contribution in [3.05, 3.63) is 22.4 Å². The first-order valence-electron chi connectivity index (χ1n) is 8.45. The highest BCUT2D eigenvalue weighted by Crippen LogP contribution is 2.31. The van der Waals surface area contributed by atoms with Crippen molar-refractivity contribution in [2.24, 2.45) is 5.92 Å². The summed E-state index contributed by atoms with van der Waals surface area (Å²) in [6.07, 6.45) is 2.28. The first-order chi connectivity index (χ1) is 10.7. The van der Waals surface area contributed by atoms with Crippen molar-refractivity contribution in [3.8, 4) is 0 Å². The fraction of sp³-hybridized carbons (Fsp3) is 0.706. The quantitative estimate of drug-likeness (QED) is 0.928. The minimum Gasteiger partial charge on any atom is -0.341 e. The van der Waals surface area contributed by atoms with Gasteiger partial charge in [-0.15, -0.1) is 11.3 Å². The van der Waals surface area contributed by atoms with E-state index in [1.807, 2.05) is 0 Å². The lowest BCUT2D eigenvalue weighted by Crippen LogP contribution is -2.55. The number of piperidine rings is 1. The Balaban J connectivity index is 1.80. The predicted octanol–water partition coefficient (Wildman–Crippen LogP) is 2.34. The van der Waals surface area contributed by atoms with Gasteiger partial charge in [-0.3, -0.25) is 9.69 Å². The van der Waals surface area contributed by atoms with Crippen LogP contribution in [0.5, 0.6) is 0 Å². The third-order valence-electron chi connectivity index (χ3n) is 5.03. The maximum atomic E-state index is 13.2. The van der Waals surface area contributed by atoms with Crippen LogP contribution in [-0.4, -0.2) is 54.5 Å². The van der Waals surface area contributed by atoms with Gasteiger partial charge in [-0.2, -0.15) is 0 Å². The van der Waals surface area contributed by atoms with Crippen LogP contribution in [0.25, 0.3) is 0 Å². The van der Waals surface area contributed by atoms with Crippen molar-refractivity contribution in [2.75, 3.05) is 32.7 Å². The summed E-state index contributed by atoms with van der Waals surface area (Å²) < 4.78 is 0. The molecule has 2 fully saturated rings. The molecule has 0 spiro atoms. The number of carbonyl (C=O) groups is 1. The number of piperazine rings is 1. The minimum absolute atomic E-state index is 0.0921. The molecule has 0 saturated carbocycles. The standard InChI is InChI=1S/C17H27N3OS/c1-13-5-8-19(9-6-13)17(21)16(15-4-3-11-22-15)20-10-7-18-12-14(20)2/h3-4,11,13-14,16,18H,5-10,12H2,1-2H3. The zero-order chi connectivity index (χ0) is 15.5. The summed E-state index contributed by atoms with van der Waals surface area (Å²) in [6, 6.07) is 4.49. The lowest BCUT2D eigenvalue weighted by atomic mass is 9.98. The van der Waals surface area contributed by atoms with Crippen LogP contribution in [-0.2, 0) is 4.79 Å². The van der Waals surface area contributed by atoms with Gasteiger partial charge in [0, 0.05) is 43.6 Å². The van der Waals surface area contributed by atoms with Crippen LogP contribution in [0.4, 0.5) is 0 Å². The van der Waals surface area contributed by atoms with E-state index in [1.165, 1.54) is 4.88 Å². The normalized spacial score (nSPS) is 26.1. The van der Waals surface area contributed by atoms with Crippen molar-refractivity contribution >= 4 is 17.2 Å². The first-order valence-corrected chi connectivity index (χ1v) is 9.33. The van der Waals surface area contributed by atoms with Crippen LogP contribution in [0.15, 0.2) is 17.5 Å². The molecule has 0 aliphatic carbocycles. The molecular weight excluding hydrogens is 294 g/mol. The van der Waals surface area contributed by atoms with E-state index in [9.17, 15) is 4.79 Å². The summed E-state index contributed by atoms with van der Waals surface area (Å²) in [7, 11) is 0. The second-order valence-electron chi connectivity index (χ2n) is 6.72. The van der Waals surface area contributed by atoms with Gasteiger partial charge in [-0.05, 0) is 37.1 Å². The van der Waals surface area contributed by atoms with E-state index in [4.69, 9.17) is 0 Å². The Morgan fingerprint density at radius 3 is 2.73 bits per heavy atom. The molecule has 5 heteroatoms. The molecule has 2 aliphatic rings. The lowest BCUT2D eigenvalue weighted by molar-refractivity contribution is -0.139. The Hall–Kier alpha value is -0.910. The van der Waals surface area contributed by atoms with Gasteiger partial charge in [-0.1, -0.05) is 13.0 Å². The molecule has 0 radical (unpaired) electrons. The van der Waals surface area contributed by atoms with Gasteiger partial charge in [0.15, 0.2) is 0 Å². The largest absolute Gasteiger partial charge is 0.341 e. The molecule has 2 saturated heterocycles. The van der Waals surface area contributed by atoms with Crippen molar-refractivity contribution in [2.45, 2.75) is 38.8 Å². The number of nitrogens with zero attached hydrogens (tertiary/aromatic N) is 2. The highest BCUT2D eigenvalue weighted by atomic mass is 32.1. The predicted molar refractivity (Wildman–Crippen MR) is 91.1 cm³/mol. The van der Waals surface area contributed by atoms with E-state index in [0.717, 1.165) is 51.5 Å². The fourth-order valence-electron chi connectivity index (χ4n) is 3.52. The second-order valence-corrected chi connectivity index (χ2v) is 7.70. The molecule has 2 unspecified atom stereocenters. The summed E-state index contributed by atoms with van der Waals surface area (Å²) >= 11 is 1.71. The van der Waals surface area contributed by atoms with Crippen LogP contribution in [0.3, 0.4) is 0 Å². The number of nitrogens with one attached hydrogen (secondary N) is 1. The molecule has 1 N–H and O–H groups in total. The first kappa shape index (κ1) is 16.0. The molecule has 1 amide bonds. The van der Waals surface area contributed by atoms with E-state index in [0.29, 0.717) is 11.9 Å². The zero-order valence-electron chi connectivity index (χ0n) is 13.6. The molecule has 1 aromatic rings. The number of hydrogen-bond donors (Lipinski definition) is 1. The van der Waals surface area contributed by atoms with Crippen LogP contribution in [0, 0.1) is 5.92 Å². The second kappa shape index (κ2) is 7.11. The van der Waals surface area contributed by atoms with E-state index in [1.54, 1.807) is 11.3 Å². The molecule has 4 nitrogen and oxygen atoms in total. The van der Waals surface area contributed by atoms with Crippen molar-refractivity contribution in [3.63, 3.8) is 0 Å². The monoisotopic (exact) mass is 321 g/mol. The average Bonchev–Trinajstić information content (AvgIpc) is 3.04. The molecule has 0 bridgehead atoms. The molecule has 0 aromatic carbocycles. The van der Waals surface area contributed by atoms with Gasteiger partial charge >= 0.3 is 0 Å². The Labute approximate surface area is 137 Å².